The molecule has 0 radical (unpaired) electrons. The van der Waals surface area contributed by atoms with Crippen LogP contribution in [0.4, 0.5) is 0 Å². The molecule has 1 aromatic rings. The van der Waals surface area contributed by atoms with Crippen molar-refractivity contribution in [1.29, 1.82) is 0 Å². The van der Waals surface area contributed by atoms with Gasteiger partial charge in [0.05, 0.1) is 11.3 Å². The molecular weight excluding hydrogens is 270 g/mol. The van der Waals surface area contributed by atoms with Crippen molar-refractivity contribution < 1.29 is 4.79 Å². The summed E-state index contributed by atoms with van der Waals surface area (Å²) in [4.78, 5) is 21.4. The number of nitrogens with zero attached hydrogens (tertiary/aromatic N) is 2. The summed E-state index contributed by atoms with van der Waals surface area (Å²) in [6, 6.07) is 0.126. The van der Waals surface area contributed by atoms with E-state index in [1.165, 1.54) is 11.8 Å². The van der Waals surface area contributed by atoms with Gasteiger partial charge in [-0.2, -0.15) is 0 Å². The molecule has 0 saturated heterocycles. The number of carbonyl (C=O) groups excluding carboxylic acids is 1. The average Bonchev–Trinajstić information content (AvgIpc) is 2.36. The topological polar surface area (TPSA) is 54.9 Å². The van der Waals surface area contributed by atoms with Crippen molar-refractivity contribution in [2.24, 2.45) is 5.92 Å². The van der Waals surface area contributed by atoms with Crippen LogP contribution >= 0.6 is 11.8 Å². The van der Waals surface area contributed by atoms with Crippen LogP contribution in [0.5, 0.6) is 0 Å². The summed E-state index contributed by atoms with van der Waals surface area (Å²) in [6.07, 6.45) is 1.94. The Hall–Kier alpha value is -1.10. The van der Waals surface area contributed by atoms with Gasteiger partial charge in [0.2, 0.25) is 0 Å². The summed E-state index contributed by atoms with van der Waals surface area (Å²) >= 11 is 1.49. The van der Waals surface area contributed by atoms with Gasteiger partial charge in [0.1, 0.15) is 10.9 Å². The average molecular weight is 295 g/mol. The maximum Gasteiger partial charge on any atom is 0.256 e. The molecule has 1 N–H and O–H groups in total. The first kappa shape index (κ1) is 17.0. The van der Waals surface area contributed by atoms with Gasteiger partial charge in [0, 0.05) is 12.0 Å². The van der Waals surface area contributed by atoms with Crippen LogP contribution in [0, 0.1) is 12.8 Å². The largest absolute Gasteiger partial charge is 0.349 e. The molecule has 1 amide bonds. The molecule has 1 atom stereocenters. The van der Waals surface area contributed by atoms with Crippen molar-refractivity contribution in [3.8, 4) is 0 Å². The fraction of sp³-hybridized carbons (Fsp3) is 0.667. The van der Waals surface area contributed by atoms with E-state index in [0.717, 1.165) is 16.5 Å². The highest BCUT2D eigenvalue weighted by molar-refractivity contribution is 7.98. The maximum absolute atomic E-state index is 12.4. The van der Waals surface area contributed by atoms with E-state index in [1.807, 2.05) is 20.1 Å². The number of rotatable bonds is 5. The van der Waals surface area contributed by atoms with Gasteiger partial charge in [-0.3, -0.25) is 4.79 Å². The number of nitrogens with one attached hydrogen (secondary N) is 1. The lowest BCUT2D eigenvalue weighted by molar-refractivity contribution is 0.0925. The SMILES string of the molecule is CSc1nc(C(C)C)nc(C)c1C(=O)NC(C)C(C)C. The van der Waals surface area contributed by atoms with Gasteiger partial charge in [-0.25, -0.2) is 9.97 Å². The van der Waals surface area contributed by atoms with E-state index in [-0.39, 0.29) is 17.9 Å². The third kappa shape index (κ3) is 3.95. The molecule has 0 aliphatic heterocycles. The highest BCUT2D eigenvalue weighted by Gasteiger charge is 2.21. The van der Waals surface area contributed by atoms with E-state index >= 15 is 0 Å². The lowest BCUT2D eigenvalue weighted by Gasteiger charge is -2.19. The summed E-state index contributed by atoms with van der Waals surface area (Å²) < 4.78 is 0. The summed E-state index contributed by atoms with van der Waals surface area (Å²) in [5.41, 5.74) is 1.36. The van der Waals surface area contributed by atoms with Crippen molar-refractivity contribution in [2.75, 3.05) is 6.26 Å². The fourth-order valence-corrected chi connectivity index (χ4v) is 2.31. The standard InChI is InChI=1S/C15H25N3OS/c1-8(2)10(5)17-14(19)12-11(6)16-13(9(3)4)18-15(12)20-7/h8-10H,1-7H3,(H,17,19). The smallest absolute Gasteiger partial charge is 0.256 e. The van der Waals surface area contributed by atoms with E-state index in [9.17, 15) is 4.79 Å². The number of thioether (sulfide) groups is 1. The summed E-state index contributed by atoms with van der Waals surface area (Å²) in [6.45, 7) is 12.2. The molecule has 1 rings (SSSR count). The first-order valence-electron chi connectivity index (χ1n) is 7.01. The molecule has 0 aromatic carbocycles. The van der Waals surface area contributed by atoms with Crippen LogP contribution in [0.25, 0.3) is 0 Å². The number of hydrogen-bond acceptors (Lipinski definition) is 4. The molecule has 4 nitrogen and oxygen atoms in total. The van der Waals surface area contributed by atoms with Crippen molar-refractivity contribution in [3.63, 3.8) is 0 Å². The van der Waals surface area contributed by atoms with Gasteiger partial charge in [-0.15, -0.1) is 11.8 Å². The minimum Gasteiger partial charge on any atom is -0.349 e. The van der Waals surface area contributed by atoms with Gasteiger partial charge in [0.15, 0.2) is 0 Å². The summed E-state index contributed by atoms with van der Waals surface area (Å²) in [5.74, 6) is 1.36. The fourth-order valence-electron chi connectivity index (χ4n) is 1.68. The molecule has 1 aromatic heterocycles. The van der Waals surface area contributed by atoms with Crippen LogP contribution in [-0.4, -0.2) is 28.2 Å². The lowest BCUT2D eigenvalue weighted by atomic mass is 10.1. The minimum atomic E-state index is -0.0802. The van der Waals surface area contributed by atoms with Crippen LogP contribution in [-0.2, 0) is 0 Å². The first-order chi connectivity index (χ1) is 9.27. The molecule has 1 heterocycles. The Balaban J connectivity index is 3.14. The molecule has 0 spiro atoms. The first-order valence-corrected chi connectivity index (χ1v) is 8.23. The molecule has 0 bridgehead atoms. The van der Waals surface area contributed by atoms with Crippen molar-refractivity contribution in [1.82, 2.24) is 15.3 Å². The van der Waals surface area contributed by atoms with Crippen molar-refractivity contribution in [3.05, 3.63) is 17.1 Å². The molecule has 1 unspecified atom stereocenters. The van der Waals surface area contributed by atoms with Crippen LogP contribution in [0.1, 0.15) is 62.4 Å². The Bertz CT molecular complexity index is 486. The Morgan fingerprint density at radius 3 is 2.20 bits per heavy atom. The number of hydrogen-bond donors (Lipinski definition) is 1. The van der Waals surface area contributed by atoms with E-state index in [4.69, 9.17) is 0 Å². The maximum atomic E-state index is 12.4. The molecule has 0 aliphatic carbocycles. The zero-order chi connectivity index (χ0) is 15.4. The second kappa shape index (κ2) is 7.07. The van der Waals surface area contributed by atoms with Crippen LogP contribution in [0.15, 0.2) is 5.03 Å². The molecule has 0 saturated carbocycles. The summed E-state index contributed by atoms with van der Waals surface area (Å²) in [5, 5.41) is 3.79. The highest BCUT2D eigenvalue weighted by Crippen LogP contribution is 2.23. The van der Waals surface area contributed by atoms with Gasteiger partial charge >= 0.3 is 0 Å². The molecule has 0 aliphatic rings. The van der Waals surface area contributed by atoms with Gasteiger partial charge in [0.25, 0.3) is 5.91 Å². The number of carbonyl (C=O) groups is 1. The van der Waals surface area contributed by atoms with E-state index in [1.54, 1.807) is 0 Å². The Labute approximate surface area is 126 Å². The van der Waals surface area contributed by atoms with Crippen LogP contribution in [0.3, 0.4) is 0 Å². The number of aryl methyl sites for hydroxylation is 1. The second-order valence-electron chi connectivity index (χ2n) is 5.71. The normalized spacial score (nSPS) is 12.8. The third-order valence-electron chi connectivity index (χ3n) is 3.37. The van der Waals surface area contributed by atoms with Gasteiger partial charge in [-0.05, 0) is 26.0 Å². The van der Waals surface area contributed by atoms with E-state index in [0.29, 0.717) is 11.5 Å². The Kier molecular flexibility index (Phi) is 5.99. The molecule has 5 heteroatoms. The Morgan fingerprint density at radius 2 is 1.75 bits per heavy atom. The molecule has 20 heavy (non-hydrogen) atoms. The lowest BCUT2D eigenvalue weighted by Crippen LogP contribution is -2.37. The molecule has 0 fully saturated rings. The van der Waals surface area contributed by atoms with Gasteiger partial charge < -0.3 is 5.32 Å². The zero-order valence-corrected chi connectivity index (χ0v) is 14.3. The van der Waals surface area contributed by atoms with Crippen molar-refractivity contribution in [2.45, 2.75) is 58.5 Å². The van der Waals surface area contributed by atoms with Crippen LogP contribution < -0.4 is 5.32 Å². The van der Waals surface area contributed by atoms with E-state index in [2.05, 4.69) is 43.0 Å². The van der Waals surface area contributed by atoms with Gasteiger partial charge in [-0.1, -0.05) is 27.7 Å². The molecular formula is C15H25N3OS. The Morgan fingerprint density at radius 1 is 1.15 bits per heavy atom. The second-order valence-corrected chi connectivity index (χ2v) is 6.51. The number of aromatic nitrogens is 2. The quantitative estimate of drug-likeness (QED) is 0.668. The zero-order valence-electron chi connectivity index (χ0n) is 13.4. The minimum absolute atomic E-state index is 0.0802. The van der Waals surface area contributed by atoms with E-state index < -0.39 is 0 Å². The predicted molar refractivity (Wildman–Crippen MR) is 84.4 cm³/mol. The number of amides is 1. The molecule has 112 valence electrons. The monoisotopic (exact) mass is 295 g/mol. The third-order valence-corrected chi connectivity index (χ3v) is 4.05. The summed E-state index contributed by atoms with van der Waals surface area (Å²) in [7, 11) is 0. The predicted octanol–water partition coefficient (Wildman–Crippen LogP) is 3.40. The van der Waals surface area contributed by atoms with Crippen LogP contribution in [0.2, 0.25) is 0 Å². The van der Waals surface area contributed by atoms with Crippen molar-refractivity contribution >= 4 is 17.7 Å². The highest BCUT2D eigenvalue weighted by atomic mass is 32.2.